The molecule has 0 N–H and O–H groups in total. The lowest BCUT2D eigenvalue weighted by molar-refractivity contribution is 0.338. The molecule has 0 aromatic heterocycles. The topological polar surface area (TPSA) is 0 Å². The summed E-state index contributed by atoms with van der Waals surface area (Å²) in [7, 11) is 0. The molecule has 0 amide bonds. The Morgan fingerprint density at radius 2 is 0.944 bits per heavy atom. The number of unbranched alkanes of at least 4 members (excludes halogenated alkanes) is 16. The summed E-state index contributed by atoms with van der Waals surface area (Å²) in [6.07, 6.45) is 30.1. The molecule has 2 atom stereocenters. The van der Waals surface area contributed by atoms with E-state index in [1.54, 1.807) is 5.56 Å². The first kappa shape index (κ1) is 30.9. The molecule has 0 heteroatoms. The molecule has 0 saturated heterocycles. The van der Waals surface area contributed by atoms with Crippen LogP contribution in [0.2, 0.25) is 0 Å². The van der Waals surface area contributed by atoms with E-state index in [1.165, 1.54) is 146 Å². The van der Waals surface area contributed by atoms with Crippen molar-refractivity contribution in [3.8, 4) is 0 Å². The molecule has 2 unspecified atom stereocenters. The molecule has 0 radical (unpaired) electrons. The summed E-state index contributed by atoms with van der Waals surface area (Å²) in [4.78, 5) is 0. The van der Waals surface area contributed by atoms with Gasteiger partial charge in [-0.05, 0) is 47.4 Å². The lowest BCUT2D eigenvalue weighted by Gasteiger charge is -2.27. The molecule has 0 fully saturated rings. The summed E-state index contributed by atoms with van der Waals surface area (Å²) in [6.45, 7) is 7.06. The monoisotopic (exact) mass is 492 g/mol. The van der Waals surface area contributed by atoms with Crippen LogP contribution in [0.4, 0.5) is 0 Å². The first-order chi connectivity index (χ1) is 17.8. The van der Waals surface area contributed by atoms with Crippen LogP contribution in [-0.4, -0.2) is 0 Å². The van der Waals surface area contributed by atoms with Crippen LogP contribution in [0.1, 0.15) is 167 Å². The van der Waals surface area contributed by atoms with E-state index in [9.17, 15) is 0 Å². The van der Waals surface area contributed by atoms with Gasteiger partial charge in [0.15, 0.2) is 0 Å². The fourth-order valence-corrected chi connectivity index (χ4v) is 6.25. The molecule has 0 nitrogen and oxygen atoms in total. The van der Waals surface area contributed by atoms with Crippen LogP contribution in [0.15, 0.2) is 42.5 Å². The van der Waals surface area contributed by atoms with Crippen molar-refractivity contribution in [2.24, 2.45) is 5.92 Å². The average Bonchev–Trinajstić information content (AvgIpc) is 2.91. The molecule has 0 aliphatic rings. The fourth-order valence-electron chi connectivity index (χ4n) is 6.25. The zero-order chi connectivity index (χ0) is 25.7. The van der Waals surface area contributed by atoms with Gasteiger partial charge in [0.2, 0.25) is 0 Å². The van der Waals surface area contributed by atoms with E-state index in [1.807, 2.05) is 0 Å². The second-order valence-corrected chi connectivity index (χ2v) is 11.6. The number of benzene rings is 2. The molecule has 0 saturated carbocycles. The SMILES string of the molecule is CCCCCCCCCCCCCCCCCCC(CCCC)C(CC)c1ccc2ccccc2c1. The molecule has 0 heterocycles. The van der Waals surface area contributed by atoms with Gasteiger partial charge in [-0.3, -0.25) is 0 Å². The Bertz CT molecular complexity index is 759. The Morgan fingerprint density at radius 1 is 0.472 bits per heavy atom. The second kappa shape index (κ2) is 20.7. The Labute approximate surface area is 226 Å². The second-order valence-electron chi connectivity index (χ2n) is 11.6. The maximum Gasteiger partial charge on any atom is -0.0136 e. The Morgan fingerprint density at radius 3 is 1.47 bits per heavy atom. The molecule has 36 heavy (non-hydrogen) atoms. The van der Waals surface area contributed by atoms with Crippen LogP contribution in [-0.2, 0) is 0 Å². The minimum atomic E-state index is 0.720. The van der Waals surface area contributed by atoms with Crippen molar-refractivity contribution in [1.29, 1.82) is 0 Å². The third-order valence-electron chi connectivity index (χ3n) is 8.57. The van der Waals surface area contributed by atoms with Crippen LogP contribution in [0.3, 0.4) is 0 Å². The minimum absolute atomic E-state index is 0.720. The smallest absolute Gasteiger partial charge is 0.0136 e. The minimum Gasteiger partial charge on any atom is -0.0654 e. The Balaban J connectivity index is 1.59. The first-order valence-corrected chi connectivity index (χ1v) is 16.3. The van der Waals surface area contributed by atoms with Crippen molar-refractivity contribution in [1.82, 2.24) is 0 Å². The molecule has 0 bridgehead atoms. The third kappa shape index (κ3) is 12.8. The predicted molar refractivity (Wildman–Crippen MR) is 164 cm³/mol. The predicted octanol–water partition coefficient (Wildman–Crippen LogP) is 12.8. The van der Waals surface area contributed by atoms with Crippen molar-refractivity contribution in [2.75, 3.05) is 0 Å². The van der Waals surface area contributed by atoms with E-state index in [4.69, 9.17) is 0 Å². The van der Waals surface area contributed by atoms with Crippen molar-refractivity contribution in [2.45, 2.75) is 162 Å². The molecule has 0 aliphatic carbocycles. The highest BCUT2D eigenvalue weighted by molar-refractivity contribution is 5.83. The summed E-state index contributed by atoms with van der Waals surface area (Å²) in [5.41, 5.74) is 1.58. The molecular weight excluding hydrogens is 432 g/mol. The van der Waals surface area contributed by atoms with Gasteiger partial charge >= 0.3 is 0 Å². The molecule has 0 aliphatic heterocycles. The van der Waals surface area contributed by atoms with Gasteiger partial charge in [0.05, 0.1) is 0 Å². The summed E-state index contributed by atoms with van der Waals surface area (Å²) < 4.78 is 0. The van der Waals surface area contributed by atoms with Crippen LogP contribution in [0, 0.1) is 5.92 Å². The highest BCUT2D eigenvalue weighted by atomic mass is 14.3. The van der Waals surface area contributed by atoms with Crippen LogP contribution in [0.5, 0.6) is 0 Å². The summed E-state index contributed by atoms with van der Waals surface area (Å²) in [6, 6.07) is 16.1. The van der Waals surface area contributed by atoms with E-state index in [0.29, 0.717) is 0 Å². The average molecular weight is 493 g/mol. The Hall–Kier alpha value is -1.30. The summed E-state index contributed by atoms with van der Waals surface area (Å²) in [5, 5.41) is 2.78. The largest absolute Gasteiger partial charge is 0.0654 e. The molecule has 0 spiro atoms. The molecule has 204 valence electrons. The standard InChI is InChI=1S/C36H60/c1-4-7-9-10-11-12-13-14-15-16-17-18-19-20-21-22-27-33(25-8-5-2)36(6-3)35-30-29-32-26-23-24-28-34(32)31-35/h23-24,26,28-31,33,36H,4-22,25,27H2,1-3H3. The van der Waals surface area contributed by atoms with E-state index < -0.39 is 0 Å². The van der Waals surface area contributed by atoms with E-state index in [-0.39, 0.29) is 0 Å². The van der Waals surface area contributed by atoms with E-state index in [2.05, 4.69) is 63.2 Å². The lowest BCUT2D eigenvalue weighted by atomic mass is 9.78. The highest BCUT2D eigenvalue weighted by Gasteiger charge is 2.21. The summed E-state index contributed by atoms with van der Waals surface area (Å²) in [5.74, 6) is 1.57. The van der Waals surface area contributed by atoms with Gasteiger partial charge in [-0.2, -0.15) is 0 Å². The van der Waals surface area contributed by atoms with Crippen molar-refractivity contribution < 1.29 is 0 Å². The van der Waals surface area contributed by atoms with Crippen LogP contribution >= 0.6 is 0 Å². The number of hydrogen-bond acceptors (Lipinski definition) is 0. The van der Waals surface area contributed by atoms with Gasteiger partial charge in [0.25, 0.3) is 0 Å². The maximum absolute atomic E-state index is 2.48. The molecule has 2 aromatic carbocycles. The van der Waals surface area contributed by atoms with Gasteiger partial charge in [-0.25, -0.2) is 0 Å². The number of rotatable bonds is 23. The van der Waals surface area contributed by atoms with Gasteiger partial charge in [-0.1, -0.05) is 179 Å². The van der Waals surface area contributed by atoms with Gasteiger partial charge in [0, 0.05) is 0 Å². The molecule has 2 aromatic rings. The van der Waals surface area contributed by atoms with Crippen molar-refractivity contribution in [3.05, 3.63) is 48.0 Å². The summed E-state index contributed by atoms with van der Waals surface area (Å²) >= 11 is 0. The van der Waals surface area contributed by atoms with Crippen LogP contribution < -0.4 is 0 Å². The lowest BCUT2D eigenvalue weighted by Crippen LogP contribution is -2.13. The quantitative estimate of drug-likeness (QED) is 0.135. The van der Waals surface area contributed by atoms with E-state index in [0.717, 1.165) is 11.8 Å². The van der Waals surface area contributed by atoms with Crippen LogP contribution in [0.25, 0.3) is 10.8 Å². The fraction of sp³-hybridized carbons (Fsp3) is 0.722. The van der Waals surface area contributed by atoms with Crippen molar-refractivity contribution >= 4 is 10.8 Å². The number of fused-ring (bicyclic) bond motifs is 1. The zero-order valence-electron chi connectivity index (χ0n) is 24.5. The molecule has 2 rings (SSSR count). The van der Waals surface area contributed by atoms with Gasteiger partial charge in [0.1, 0.15) is 0 Å². The third-order valence-corrected chi connectivity index (χ3v) is 8.57. The number of hydrogen-bond donors (Lipinski definition) is 0. The normalized spacial score (nSPS) is 13.3. The van der Waals surface area contributed by atoms with Crippen molar-refractivity contribution in [3.63, 3.8) is 0 Å². The first-order valence-electron chi connectivity index (χ1n) is 16.3. The maximum atomic E-state index is 2.48. The Kier molecular flexibility index (Phi) is 17.8. The van der Waals surface area contributed by atoms with E-state index >= 15 is 0 Å². The highest BCUT2D eigenvalue weighted by Crippen LogP contribution is 2.36. The zero-order valence-corrected chi connectivity index (χ0v) is 24.5. The van der Waals surface area contributed by atoms with Gasteiger partial charge in [-0.15, -0.1) is 0 Å². The van der Waals surface area contributed by atoms with Gasteiger partial charge < -0.3 is 0 Å². The molecular formula is C36H60.